The molecule has 0 N–H and O–H groups in total. The minimum absolute atomic E-state index is 0.0195. The van der Waals surface area contributed by atoms with Crippen molar-refractivity contribution in [1.29, 1.82) is 0 Å². The summed E-state index contributed by atoms with van der Waals surface area (Å²) in [6, 6.07) is 8.87. The Hall–Kier alpha value is -2.08. The van der Waals surface area contributed by atoms with Crippen LogP contribution in [-0.2, 0) is 17.6 Å². The maximum Gasteiger partial charge on any atom is 0.417 e. The molecule has 24 heavy (non-hydrogen) atoms. The normalized spacial score (nSPS) is 12.3. The van der Waals surface area contributed by atoms with Gasteiger partial charge in [0.05, 0.1) is 11.3 Å². The van der Waals surface area contributed by atoms with Gasteiger partial charge in [0.2, 0.25) is 0 Å². The molecule has 0 heterocycles. The number of hydrogen-bond donors (Lipinski definition) is 0. The second-order valence-electron chi connectivity index (χ2n) is 4.98. The number of halogens is 5. The molecule has 2 nitrogen and oxygen atoms in total. The minimum Gasteiger partial charge on any atom is -0.391 e. The maximum atomic E-state index is 13.1. The van der Waals surface area contributed by atoms with Crippen molar-refractivity contribution in [2.24, 2.45) is 5.16 Å². The monoisotopic (exact) mass is 359 g/mol. The molecule has 0 atom stereocenters. The van der Waals surface area contributed by atoms with Gasteiger partial charge in [0.1, 0.15) is 12.4 Å². The van der Waals surface area contributed by atoms with Crippen molar-refractivity contribution in [2.45, 2.75) is 26.1 Å². The summed E-state index contributed by atoms with van der Waals surface area (Å²) in [5.41, 5.74) is -0.154. The van der Waals surface area contributed by atoms with Gasteiger partial charge >= 0.3 is 6.18 Å². The quantitative estimate of drug-likeness (QED) is 0.374. The van der Waals surface area contributed by atoms with Crippen LogP contribution in [0.15, 0.2) is 47.6 Å². The number of hydrogen-bond acceptors (Lipinski definition) is 2. The third-order valence-corrected chi connectivity index (χ3v) is 3.49. The van der Waals surface area contributed by atoms with E-state index in [4.69, 9.17) is 16.4 Å². The summed E-state index contributed by atoms with van der Waals surface area (Å²) in [6.07, 6.45) is -4.29. The van der Waals surface area contributed by atoms with E-state index in [2.05, 4.69) is 5.16 Å². The molecule has 0 fully saturated rings. The van der Waals surface area contributed by atoms with E-state index in [-0.39, 0.29) is 35.1 Å². The Kier molecular flexibility index (Phi) is 5.83. The highest BCUT2D eigenvalue weighted by Gasteiger charge is 2.34. The Balaban J connectivity index is 2.24. The van der Waals surface area contributed by atoms with Crippen LogP contribution in [0.4, 0.5) is 17.6 Å². The summed E-state index contributed by atoms with van der Waals surface area (Å²) >= 11 is 5.81. The van der Waals surface area contributed by atoms with Crippen molar-refractivity contribution in [2.75, 3.05) is 0 Å². The van der Waals surface area contributed by atoms with E-state index in [1.165, 1.54) is 36.4 Å². The highest BCUT2D eigenvalue weighted by molar-refractivity contribution is 6.31. The largest absolute Gasteiger partial charge is 0.417 e. The standard InChI is InChI=1S/C17H14ClF4NO/c1-2-16(23-24-10-11-3-6-13(19)7-4-11)14-9-12(18)5-8-15(14)17(20,21)22/h3-9H,2,10H2,1H3/b23-16+. The highest BCUT2D eigenvalue weighted by atomic mass is 35.5. The molecule has 128 valence electrons. The van der Waals surface area contributed by atoms with Gasteiger partial charge in [-0.25, -0.2) is 4.39 Å². The predicted octanol–water partition coefficient (Wildman–Crippen LogP) is 5.83. The average Bonchev–Trinajstić information content (AvgIpc) is 2.52. The number of rotatable bonds is 5. The summed E-state index contributed by atoms with van der Waals surface area (Å²) in [7, 11) is 0. The van der Waals surface area contributed by atoms with Crippen LogP contribution >= 0.6 is 11.6 Å². The lowest BCUT2D eigenvalue weighted by Gasteiger charge is -2.14. The summed E-state index contributed by atoms with van der Waals surface area (Å²) < 4.78 is 52.2. The molecular weight excluding hydrogens is 346 g/mol. The van der Waals surface area contributed by atoms with Crippen LogP contribution in [0.2, 0.25) is 5.02 Å². The van der Waals surface area contributed by atoms with Gasteiger partial charge in [-0.2, -0.15) is 13.2 Å². The third kappa shape index (κ3) is 4.71. The van der Waals surface area contributed by atoms with Gasteiger partial charge in [0.25, 0.3) is 0 Å². The molecule has 2 rings (SSSR count). The zero-order valence-corrected chi connectivity index (χ0v) is 13.5. The van der Waals surface area contributed by atoms with Crippen LogP contribution in [0.3, 0.4) is 0 Å². The van der Waals surface area contributed by atoms with Gasteiger partial charge in [0, 0.05) is 10.6 Å². The van der Waals surface area contributed by atoms with E-state index >= 15 is 0 Å². The Morgan fingerprint density at radius 3 is 2.38 bits per heavy atom. The average molecular weight is 360 g/mol. The van der Waals surface area contributed by atoms with Crippen LogP contribution in [0, 0.1) is 5.82 Å². The van der Waals surface area contributed by atoms with Gasteiger partial charge in [-0.1, -0.05) is 35.8 Å². The predicted molar refractivity (Wildman–Crippen MR) is 84.5 cm³/mol. The topological polar surface area (TPSA) is 21.6 Å². The molecule has 0 spiro atoms. The van der Waals surface area contributed by atoms with E-state index in [0.717, 1.165) is 6.07 Å². The number of alkyl halides is 3. The van der Waals surface area contributed by atoms with Gasteiger partial charge in [0.15, 0.2) is 0 Å². The molecule has 0 unspecified atom stereocenters. The SMILES string of the molecule is CC/C(=N\OCc1ccc(F)cc1)c1cc(Cl)ccc1C(F)(F)F. The van der Waals surface area contributed by atoms with Crippen LogP contribution in [0.5, 0.6) is 0 Å². The summed E-state index contributed by atoms with van der Waals surface area (Å²) in [5, 5.41) is 3.99. The molecule has 0 radical (unpaired) electrons. The molecule has 2 aromatic carbocycles. The molecule has 0 amide bonds. The first-order chi connectivity index (χ1) is 11.3. The molecule has 0 aliphatic heterocycles. The van der Waals surface area contributed by atoms with Gasteiger partial charge in [-0.05, 0) is 42.3 Å². The van der Waals surface area contributed by atoms with E-state index in [0.29, 0.717) is 5.56 Å². The number of oxime groups is 1. The third-order valence-electron chi connectivity index (χ3n) is 3.25. The lowest BCUT2D eigenvalue weighted by atomic mass is 10.0. The minimum atomic E-state index is -4.52. The Morgan fingerprint density at radius 1 is 1.12 bits per heavy atom. The molecule has 0 saturated carbocycles. The van der Waals surface area contributed by atoms with E-state index < -0.39 is 11.7 Å². The molecular formula is C17H14ClF4NO. The van der Waals surface area contributed by atoms with Crippen molar-refractivity contribution < 1.29 is 22.4 Å². The van der Waals surface area contributed by atoms with Gasteiger partial charge in [-0.3, -0.25) is 0 Å². The van der Waals surface area contributed by atoms with E-state index in [1.807, 2.05) is 0 Å². The zero-order valence-electron chi connectivity index (χ0n) is 12.7. The molecule has 2 aromatic rings. The second kappa shape index (κ2) is 7.66. The lowest BCUT2D eigenvalue weighted by molar-refractivity contribution is -0.137. The smallest absolute Gasteiger partial charge is 0.391 e. The molecule has 0 aliphatic carbocycles. The van der Waals surface area contributed by atoms with Crippen molar-refractivity contribution in [3.8, 4) is 0 Å². The Bertz CT molecular complexity index is 726. The fraction of sp³-hybridized carbons (Fsp3) is 0.235. The first kappa shape index (κ1) is 18.3. The number of benzene rings is 2. The van der Waals surface area contributed by atoms with Gasteiger partial charge < -0.3 is 4.84 Å². The van der Waals surface area contributed by atoms with E-state index in [9.17, 15) is 17.6 Å². The van der Waals surface area contributed by atoms with Crippen LogP contribution in [0.1, 0.15) is 30.0 Å². The Morgan fingerprint density at radius 2 is 1.79 bits per heavy atom. The Labute approximate surface area is 141 Å². The van der Waals surface area contributed by atoms with Crippen molar-refractivity contribution >= 4 is 17.3 Å². The van der Waals surface area contributed by atoms with Crippen molar-refractivity contribution in [1.82, 2.24) is 0 Å². The number of nitrogens with zero attached hydrogens (tertiary/aromatic N) is 1. The first-order valence-electron chi connectivity index (χ1n) is 7.11. The van der Waals surface area contributed by atoms with Crippen LogP contribution < -0.4 is 0 Å². The summed E-state index contributed by atoms with van der Waals surface area (Å²) in [5.74, 6) is -0.384. The molecule has 7 heteroatoms. The molecule has 0 aromatic heterocycles. The molecule has 0 aliphatic rings. The summed E-state index contributed by atoms with van der Waals surface area (Å²) in [4.78, 5) is 5.13. The molecule has 0 bridgehead atoms. The summed E-state index contributed by atoms with van der Waals surface area (Å²) in [6.45, 7) is 1.69. The lowest BCUT2D eigenvalue weighted by Crippen LogP contribution is -2.13. The van der Waals surface area contributed by atoms with Crippen LogP contribution in [0.25, 0.3) is 0 Å². The highest BCUT2D eigenvalue weighted by Crippen LogP contribution is 2.34. The van der Waals surface area contributed by atoms with E-state index in [1.54, 1.807) is 6.92 Å². The zero-order chi connectivity index (χ0) is 17.7. The fourth-order valence-electron chi connectivity index (χ4n) is 2.07. The van der Waals surface area contributed by atoms with Crippen molar-refractivity contribution in [3.05, 3.63) is 70.0 Å². The fourth-order valence-corrected chi connectivity index (χ4v) is 2.24. The van der Waals surface area contributed by atoms with Crippen molar-refractivity contribution in [3.63, 3.8) is 0 Å². The van der Waals surface area contributed by atoms with Gasteiger partial charge in [-0.15, -0.1) is 0 Å². The second-order valence-corrected chi connectivity index (χ2v) is 5.42. The first-order valence-corrected chi connectivity index (χ1v) is 7.49. The van der Waals surface area contributed by atoms with Crippen LogP contribution in [-0.4, -0.2) is 5.71 Å². The molecule has 0 saturated heterocycles. The maximum absolute atomic E-state index is 13.1.